The maximum Gasteiger partial charge on any atom is 0.227 e. The first-order chi connectivity index (χ1) is 12.4. The monoisotopic (exact) mass is 507 g/mol. The minimum Gasteiger partial charge on any atom is -0.368 e. The van der Waals surface area contributed by atoms with Crippen molar-refractivity contribution in [2.75, 3.05) is 38.6 Å². The Morgan fingerprint density at radius 2 is 2.07 bits per heavy atom. The number of amides is 1. The Balaban J connectivity index is 0.00000364. The number of hydrogen-bond donors (Lipinski definition) is 3. The second-order valence-electron chi connectivity index (χ2n) is 7.27. The van der Waals surface area contributed by atoms with Crippen molar-refractivity contribution in [3.8, 4) is 0 Å². The molecule has 2 rings (SSSR count). The quantitative estimate of drug-likeness (QED) is 0.326. The fraction of sp³-hybridized carbons (Fsp3) is 0.579. The number of aliphatic imine (C=N–C) groups is 1. The van der Waals surface area contributed by atoms with Crippen LogP contribution >= 0.6 is 35.6 Å². The summed E-state index contributed by atoms with van der Waals surface area (Å²) in [5, 5.41) is 10.2. The molecule has 1 aromatic rings. The highest BCUT2D eigenvalue weighted by molar-refractivity contribution is 14.0. The van der Waals surface area contributed by atoms with E-state index in [1.807, 2.05) is 32.0 Å². The molecule has 0 bridgehead atoms. The predicted molar refractivity (Wildman–Crippen MR) is 124 cm³/mol. The molecule has 0 aliphatic carbocycles. The highest BCUT2D eigenvalue weighted by Crippen LogP contribution is 2.27. The van der Waals surface area contributed by atoms with E-state index in [9.17, 15) is 4.79 Å². The summed E-state index contributed by atoms with van der Waals surface area (Å²) in [5.41, 5.74) is 0.562. The van der Waals surface area contributed by atoms with Crippen LogP contribution in [0.5, 0.6) is 0 Å². The second-order valence-corrected chi connectivity index (χ2v) is 7.68. The Labute approximate surface area is 184 Å². The van der Waals surface area contributed by atoms with Crippen molar-refractivity contribution >= 4 is 53.1 Å². The van der Waals surface area contributed by atoms with Crippen LogP contribution in [0.15, 0.2) is 29.3 Å². The zero-order chi connectivity index (χ0) is 19.2. The van der Waals surface area contributed by atoms with Gasteiger partial charge in [0.15, 0.2) is 5.96 Å². The van der Waals surface area contributed by atoms with Gasteiger partial charge in [-0.05, 0) is 38.8 Å². The number of halogens is 2. The topological polar surface area (TPSA) is 68.8 Å². The number of piperidine rings is 1. The molecule has 1 aliphatic heterocycles. The number of nitrogens with zero attached hydrogens (tertiary/aromatic N) is 2. The van der Waals surface area contributed by atoms with E-state index < -0.39 is 5.41 Å². The molecule has 0 saturated carbocycles. The Kier molecular flexibility index (Phi) is 9.66. The van der Waals surface area contributed by atoms with E-state index in [0.29, 0.717) is 12.5 Å². The van der Waals surface area contributed by atoms with Crippen molar-refractivity contribution in [3.63, 3.8) is 0 Å². The van der Waals surface area contributed by atoms with Gasteiger partial charge < -0.3 is 20.9 Å². The second kappa shape index (κ2) is 10.9. The van der Waals surface area contributed by atoms with Crippen LogP contribution in [0.1, 0.15) is 26.7 Å². The third-order valence-electron chi connectivity index (χ3n) is 4.72. The molecule has 1 aliphatic rings. The first kappa shape index (κ1) is 23.8. The lowest BCUT2D eigenvalue weighted by Gasteiger charge is -2.36. The zero-order valence-electron chi connectivity index (χ0n) is 16.5. The molecular formula is C19H31ClIN5O. The summed E-state index contributed by atoms with van der Waals surface area (Å²) in [4.78, 5) is 18.5. The molecule has 6 nitrogen and oxygen atoms in total. The van der Waals surface area contributed by atoms with Gasteiger partial charge in [-0.2, -0.15) is 0 Å². The minimum absolute atomic E-state index is 0. The largest absolute Gasteiger partial charge is 0.368 e. The lowest BCUT2D eigenvalue weighted by atomic mass is 9.92. The molecule has 1 unspecified atom stereocenters. The van der Waals surface area contributed by atoms with E-state index >= 15 is 0 Å². The van der Waals surface area contributed by atoms with Gasteiger partial charge in [0.05, 0.1) is 16.1 Å². The Morgan fingerprint density at radius 1 is 1.37 bits per heavy atom. The van der Waals surface area contributed by atoms with Crippen molar-refractivity contribution < 1.29 is 4.79 Å². The highest BCUT2D eigenvalue weighted by Gasteiger charge is 2.27. The van der Waals surface area contributed by atoms with Crippen molar-refractivity contribution in [1.82, 2.24) is 16.0 Å². The molecule has 8 heteroatoms. The van der Waals surface area contributed by atoms with E-state index in [2.05, 4.69) is 31.9 Å². The van der Waals surface area contributed by atoms with Gasteiger partial charge in [0, 0.05) is 39.8 Å². The summed E-state index contributed by atoms with van der Waals surface area (Å²) in [6.07, 6.45) is 2.16. The fourth-order valence-corrected chi connectivity index (χ4v) is 3.39. The Morgan fingerprint density at radius 3 is 2.70 bits per heavy atom. The van der Waals surface area contributed by atoms with E-state index in [0.717, 1.165) is 36.6 Å². The molecule has 152 valence electrons. The van der Waals surface area contributed by atoms with E-state index in [4.69, 9.17) is 11.6 Å². The number of carbonyl (C=O) groups excluding carboxylic acids is 1. The average Bonchev–Trinajstić information content (AvgIpc) is 2.65. The highest BCUT2D eigenvalue weighted by atomic mass is 127. The molecular weight excluding hydrogens is 477 g/mol. The average molecular weight is 508 g/mol. The van der Waals surface area contributed by atoms with Gasteiger partial charge in [-0.25, -0.2) is 0 Å². The van der Waals surface area contributed by atoms with Gasteiger partial charge in [0.1, 0.15) is 0 Å². The van der Waals surface area contributed by atoms with Crippen LogP contribution in [-0.4, -0.2) is 51.6 Å². The SMILES string of the molecule is CN=C(NCC(C)(C)C(=O)NC)NC1CCCN(c2ccccc2Cl)C1.I. The van der Waals surface area contributed by atoms with E-state index in [1.54, 1.807) is 14.1 Å². The normalized spacial score (nSPS) is 17.7. The molecule has 0 radical (unpaired) electrons. The standard InChI is InChI=1S/C19H30ClN5O.HI/c1-19(2,17(26)21-3)13-23-18(22-4)24-14-8-7-11-25(12-14)16-10-6-5-9-15(16)20;/h5-6,9-10,14H,7-8,11-13H2,1-4H3,(H,21,26)(H2,22,23,24);1H. The smallest absolute Gasteiger partial charge is 0.227 e. The van der Waals surface area contributed by atoms with Crippen LogP contribution in [0.25, 0.3) is 0 Å². The number of nitrogens with one attached hydrogen (secondary N) is 3. The predicted octanol–water partition coefficient (Wildman–Crippen LogP) is 2.86. The summed E-state index contributed by atoms with van der Waals surface area (Å²) in [6, 6.07) is 8.22. The molecule has 1 atom stereocenters. The number of para-hydroxylation sites is 1. The number of rotatable bonds is 5. The Bertz CT molecular complexity index is 653. The summed E-state index contributed by atoms with van der Waals surface area (Å²) < 4.78 is 0. The number of anilines is 1. The summed E-state index contributed by atoms with van der Waals surface area (Å²) in [5.74, 6) is 0.719. The molecule has 1 saturated heterocycles. The van der Waals surface area contributed by atoms with Crippen LogP contribution in [0.4, 0.5) is 5.69 Å². The van der Waals surface area contributed by atoms with Crippen molar-refractivity contribution in [2.24, 2.45) is 10.4 Å². The first-order valence-corrected chi connectivity index (χ1v) is 9.44. The van der Waals surface area contributed by atoms with Crippen LogP contribution in [-0.2, 0) is 4.79 Å². The van der Waals surface area contributed by atoms with Crippen LogP contribution in [0, 0.1) is 5.41 Å². The third-order valence-corrected chi connectivity index (χ3v) is 5.04. The van der Waals surface area contributed by atoms with Gasteiger partial charge in [0.2, 0.25) is 5.91 Å². The molecule has 1 fully saturated rings. The molecule has 1 aromatic carbocycles. The summed E-state index contributed by atoms with van der Waals surface area (Å²) >= 11 is 6.35. The van der Waals surface area contributed by atoms with Crippen molar-refractivity contribution in [1.29, 1.82) is 0 Å². The lowest BCUT2D eigenvalue weighted by Crippen LogP contribution is -2.53. The summed E-state index contributed by atoms with van der Waals surface area (Å²) in [7, 11) is 3.40. The number of carbonyl (C=O) groups is 1. The Hall–Kier alpha value is -1.22. The van der Waals surface area contributed by atoms with Gasteiger partial charge in [-0.15, -0.1) is 24.0 Å². The molecule has 3 N–H and O–H groups in total. The number of hydrogen-bond acceptors (Lipinski definition) is 3. The van der Waals surface area contributed by atoms with Gasteiger partial charge in [-0.3, -0.25) is 9.79 Å². The maximum atomic E-state index is 11.9. The summed E-state index contributed by atoms with van der Waals surface area (Å²) in [6.45, 7) is 6.19. The molecule has 0 aromatic heterocycles. The number of guanidine groups is 1. The lowest BCUT2D eigenvalue weighted by molar-refractivity contribution is -0.128. The molecule has 0 spiro atoms. The van der Waals surface area contributed by atoms with Crippen LogP contribution in [0.3, 0.4) is 0 Å². The van der Waals surface area contributed by atoms with Crippen molar-refractivity contribution in [3.05, 3.63) is 29.3 Å². The molecule has 27 heavy (non-hydrogen) atoms. The van der Waals surface area contributed by atoms with Gasteiger partial charge in [0.25, 0.3) is 0 Å². The first-order valence-electron chi connectivity index (χ1n) is 9.06. The van der Waals surface area contributed by atoms with E-state index in [-0.39, 0.29) is 35.9 Å². The third kappa shape index (κ3) is 6.71. The zero-order valence-corrected chi connectivity index (χ0v) is 19.6. The number of benzene rings is 1. The van der Waals surface area contributed by atoms with E-state index in [1.165, 1.54) is 0 Å². The molecule has 1 amide bonds. The maximum absolute atomic E-state index is 11.9. The molecule has 1 heterocycles. The van der Waals surface area contributed by atoms with Crippen LogP contribution in [0.2, 0.25) is 5.02 Å². The fourth-order valence-electron chi connectivity index (χ4n) is 3.13. The van der Waals surface area contributed by atoms with Gasteiger partial charge >= 0.3 is 0 Å². The van der Waals surface area contributed by atoms with Crippen LogP contribution < -0.4 is 20.9 Å². The minimum atomic E-state index is -0.511. The van der Waals surface area contributed by atoms with Crippen molar-refractivity contribution in [2.45, 2.75) is 32.7 Å². The van der Waals surface area contributed by atoms with Gasteiger partial charge in [-0.1, -0.05) is 23.7 Å².